The van der Waals surface area contributed by atoms with Crippen LogP contribution in [0.5, 0.6) is 0 Å². The molecule has 4 rings (SSSR count). The molecular weight excluding hydrogens is 527 g/mol. The average Bonchev–Trinajstić information content (AvgIpc) is 2.99. The van der Waals surface area contributed by atoms with Crippen LogP contribution in [0.1, 0.15) is 60.1 Å². The van der Waals surface area contributed by atoms with Crippen molar-refractivity contribution in [2.75, 3.05) is 39.3 Å². The van der Waals surface area contributed by atoms with E-state index in [-0.39, 0.29) is 29.4 Å². The number of aromatic amines is 1. The second-order valence-corrected chi connectivity index (χ2v) is 10.3. The third-order valence-electron chi connectivity index (χ3n) is 7.32. The fraction of sp³-hybridized carbons (Fsp3) is 0.433. The minimum absolute atomic E-state index is 0.0370. The number of halogens is 1. The number of fused-ring (bicyclic) bond motifs is 1. The van der Waals surface area contributed by atoms with Gasteiger partial charge in [0.2, 0.25) is 11.8 Å². The van der Waals surface area contributed by atoms with E-state index in [1.165, 1.54) is 12.1 Å². The molecule has 1 saturated heterocycles. The Labute approximate surface area is 238 Å². The summed E-state index contributed by atoms with van der Waals surface area (Å²) in [6, 6.07) is 11.5. The number of nitrogens with two attached hydrogens (primary N) is 1. The lowest BCUT2D eigenvalue weighted by atomic mass is 10.0. The Hall–Kier alpha value is -4.12. The van der Waals surface area contributed by atoms with Crippen molar-refractivity contribution in [3.63, 3.8) is 0 Å². The number of aromatic nitrogens is 2. The molecule has 0 spiro atoms. The van der Waals surface area contributed by atoms with Gasteiger partial charge in [0.25, 0.3) is 11.5 Å². The summed E-state index contributed by atoms with van der Waals surface area (Å²) in [7, 11) is 0. The maximum absolute atomic E-state index is 14.7. The number of hydrogen-bond donors (Lipinski definition) is 3. The summed E-state index contributed by atoms with van der Waals surface area (Å²) in [4.78, 5) is 53.1. The fourth-order valence-corrected chi connectivity index (χ4v) is 5.00. The zero-order valence-electron chi connectivity index (χ0n) is 23.2. The van der Waals surface area contributed by atoms with Crippen molar-refractivity contribution >= 4 is 28.5 Å². The largest absolute Gasteiger partial charge is 0.356 e. The molecule has 1 aromatic heterocycles. The van der Waals surface area contributed by atoms with Crippen molar-refractivity contribution in [2.45, 2.75) is 44.9 Å². The molecule has 0 saturated carbocycles. The minimum atomic E-state index is -0.616. The normalized spacial score (nSPS) is 13.4. The second-order valence-electron chi connectivity index (χ2n) is 10.3. The quantitative estimate of drug-likeness (QED) is 0.289. The highest BCUT2D eigenvalue weighted by molar-refractivity contribution is 5.95. The number of nitrogens with zero attached hydrogens (tertiary/aromatic N) is 3. The Morgan fingerprint density at radius 3 is 2.41 bits per heavy atom. The number of unbranched alkanes of at least 4 members (excludes halogenated alkanes) is 2. The number of benzene rings is 2. The van der Waals surface area contributed by atoms with Crippen molar-refractivity contribution in [1.29, 1.82) is 0 Å². The first-order valence-corrected chi connectivity index (χ1v) is 14.2. The molecule has 10 nitrogen and oxygen atoms in total. The van der Waals surface area contributed by atoms with Gasteiger partial charge in [-0.15, -0.1) is 0 Å². The van der Waals surface area contributed by atoms with E-state index in [1.54, 1.807) is 28.0 Å². The monoisotopic (exact) mass is 564 g/mol. The topological polar surface area (TPSA) is 141 Å². The summed E-state index contributed by atoms with van der Waals surface area (Å²) >= 11 is 0. The van der Waals surface area contributed by atoms with Crippen LogP contribution in [-0.2, 0) is 16.0 Å². The Balaban J connectivity index is 1.27. The van der Waals surface area contributed by atoms with Gasteiger partial charge in [-0.25, -0.2) is 9.49 Å². The summed E-state index contributed by atoms with van der Waals surface area (Å²) in [6.45, 7) is 2.57. The Morgan fingerprint density at radius 1 is 0.927 bits per heavy atom. The minimum Gasteiger partial charge on any atom is -0.356 e. The Bertz CT molecular complexity index is 1430. The zero-order valence-corrected chi connectivity index (χ0v) is 23.2. The van der Waals surface area contributed by atoms with Gasteiger partial charge in [-0.3, -0.25) is 19.2 Å². The molecule has 1 aliphatic heterocycles. The first-order chi connectivity index (χ1) is 19.9. The molecule has 3 amide bonds. The average molecular weight is 565 g/mol. The molecule has 1 aliphatic rings. The van der Waals surface area contributed by atoms with Crippen LogP contribution >= 0.6 is 0 Å². The van der Waals surface area contributed by atoms with E-state index in [2.05, 4.69) is 15.5 Å². The lowest BCUT2D eigenvalue weighted by Gasteiger charge is -2.35. The first kappa shape index (κ1) is 29.9. The van der Waals surface area contributed by atoms with E-state index in [0.29, 0.717) is 80.6 Å². The Kier molecular flexibility index (Phi) is 10.6. The van der Waals surface area contributed by atoms with Gasteiger partial charge in [-0.05, 0) is 49.6 Å². The summed E-state index contributed by atoms with van der Waals surface area (Å²) in [5, 5.41) is 10.8. The summed E-state index contributed by atoms with van der Waals surface area (Å²) < 4.78 is 14.7. The van der Waals surface area contributed by atoms with Crippen LogP contribution in [0.25, 0.3) is 10.8 Å². The molecule has 11 heteroatoms. The van der Waals surface area contributed by atoms with E-state index in [4.69, 9.17) is 5.73 Å². The van der Waals surface area contributed by atoms with Gasteiger partial charge >= 0.3 is 0 Å². The van der Waals surface area contributed by atoms with E-state index in [9.17, 15) is 23.6 Å². The number of piperazine rings is 1. The number of carbonyl (C=O) groups excluding carboxylic acids is 3. The number of rotatable bonds is 12. The lowest BCUT2D eigenvalue weighted by Crippen LogP contribution is -2.50. The van der Waals surface area contributed by atoms with Crippen molar-refractivity contribution in [3.05, 3.63) is 75.5 Å². The third kappa shape index (κ3) is 7.97. The van der Waals surface area contributed by atoms with Crippen LogP contribution in [0.2, 0.25) is 0 Å². The van der Waals surface area contributed by atoms with Crippen LogP contribution in [-0.4, -0.2) is 77.0 Å². The summed E-state index contributed by atoms with van der Waals surface area (Å²) in [6.07, 6.45) is 4.14. The van der Waals surface area contributed by atoms with Gasteiger partial charge in [-0.2, -0.15) is 5.10 Å². The molecule has 2 aromatic carbocycles. The van der Waals surface area contributed by atoms with Crippen LogP contribution in [0.15, 0.2) is 47.3 Å². The molecule has 0 aliphatic carbocycles. The molecule has 0 bridgehead atoms. The lowest BCUT2D eigenvalue weighted by molar-refractivity contribution is -0.132. The highest BCUT2D eigenvalue weighted by Crippen LogP contribution is 2.20. The van der Waals surface area contributed by atoms with Crippen molar-refractivity contribution in [2.24, 2.45) is 5.73 Å². The molecule has 1 fully saturated rings. The summed E-state index contributed by atoms with van der Waals surface area (Å²) in [5.41, 5.74) is 6.45. The molecular formula is C30H37FN6O4. The standard InChI is InChI=1S/C30H37FN6O4/c31-25-12-11-21(20-26-22-7-2-3-8-23(22)29(40)35-34-26)19-24(25)30(41)37-17-15-36(16-18-37)28(39)10-6-9-27(38)33-14-5-1-4-13-32/h2-3,7-8,11-12,19H,1,4-6,9-10,13-18,20,32H2,(H,33,38)(H,35,40). The molecule has 4 N–H and O–H groups in total. The molecule has 0 radical (unpaired) electrons. The third-order valence-corrected chi connectivity index (χ3v) is 7.32. The van der Waals surface area contributed by atoms with Gasteiger partial charge in [0.15, 0.2) is 0 Å². The predicted molar refractivity (Wildman–Crippen MR) is 154 cm³/mol. The highest BCUT2D eigenvalue weighted by Gasteiger charge is 2.26. The van der Waals surface area contributed by atoms with Gasteiger partial charge in [-0.1, -0.05) is 30.7 Å². The van der Waals surface area contributed by atoms with Gasteiger partial charge < -0.3 is 20.9 Å². The molecule has 0 atom stereocenters. The maximum Gasteiger partial charge on any atom is 0.272 e. The molecule has 3 aromatic rings. The summed E-state index contributed by atoms with van der Waals surface area (Å²) in [5.74, 6) is -1.16. The second kappa shape index (κ2) is 14.5. The molecule has 218 valence electrons. The van der Waals surface area contributed by atoms with Crippen LogP contribution < -0.4 is 16.6 Å². The number of carbonyl (C=O) groups is 3. The van der Waals surface area contributed by atoms with E-state index < -0.39 is 11.7 Å². The number of amides is 3. The molecule has 41 heavy (non-hydrogen) atoms. The Morgan fingerprint density at radius 2 is 1.66 bits per heavy atom. The highest BCUT2D eigenvalue weighted by atomic mass is 19.1. The molecule has 2 heterocycles. The van der Waals surface area contributed by atoms with Crippen LogP contribution in [0.3, 0.4) is 0 Å². The van der Waals surface area contributed by atoms with Crippen molar-refractivity contribution < 1.29 is 18.8 Å². The smallest absolute Gasteiger partial charge is 0.272 e. The van der Waals surface area contributed by atoms with Gasteiger partial charge in [0.05, 0.1) is 16.6 Å². The van der Waals surface area contributed by atoms with Gasteiger partial charge in [0, 0.05) is 57.4 Å². The SMILES string of the molecule is NCCCCCNC(=O)CCCC(=O)N1CCN(C(=O)c2cc(Cc3n[nH]c(=O)c4ccccc34)ccc2F)CC1. The fourth-order valence-electron chi connectivity index (χ4n) is 5.00. The van der Waals surface area contributed by atoms with Crippen molar-refractivity contribution in [3.8, 4) is 0 Å². The maximum atomic E-state index is 14.7. The first-order valence-electron chi connectivity index (χ1n) is 14.2. The van der Waals surface area contributed by atoms with E-state index >= 15 is 0 Å². The van der Waals surface area contributed by atoms with Crippen LogP contribution in [0, 0.1) is 5.82 Å². The number of hydrogen-bond acceptors (Lipinski definition) is 6. The van der Waals surface area contributed by atoms with E-state index in [1.807, 2.05) is 12.1 Å². The number of H-pyrrole nitrogens is 1. The van der Waals surface area contributed by atoms with Gasteiger partial charge in [0.1, 0.15) is 5.82 Å². The van der Waals surface area contributed by atoms with Crippen LogP contribution in [0.4, 0.5) is 4.39 Å². The van der Waals surface area contributed by atoms with E-state index in [0.717, 1.165) is 19.3 Å². The zero-order chi connectivity index (χ0) is 29.2. The number of nitrogens with one attached hydrogen (secondary N) is 2. The molecule has 0 unspecified atom stereocenters. The predicted octanol–water partition coefficient (Wildman–Crippen LogP) is 2.35. The van der Waals surface area contributed by atoms with Crippen molar-refractivity contribution in [1.82, 2.24) is 25.3 Å².